The number of carbonyl (C=O) groups is 2. The molecular formula is C19H34N2O5. The number of nitrogens with zero attached hydrogens (tertiary/aromatic N) is 2. The number of unbranched alkanes of at least 4 members (excludes halogenated alkanes) is 1. The molecule has 0 aliphatic carbocycles. The second-order valence-corrected chi connectivity index (χ2v) is 8.51. The van der Waals surface area contributed by atoms with Crippen molar-refractivity contribution < 1.29 is 25.0 Å². The summed E-state index contributed by atoms with van der Waals surface area (Å²) in [5.74, 6) is -1.02. The summed E-state index contributed by atoms with van der Waals surface area (Å²) in [4.78, 5) is 24.7. The number of piperidine rings is 1. The van der Waals surface area contributed by atoms with Crippen LogP contribution in [0.4, 0.5) is 0 Å². The third-order valence-electron chi connectivity index (χ3n) is 5.16. The fraction of sp³-hybridized carbons (Fsp3) is 0.789. The normalized spacial score (nSPS) is 21.7. The first kappa shape index (κ1) is 22.6. The molecule has 0 spiro atoms. The molecule has 1 saturated heterocycles. The molecule has 0 aromatic rings. The summed E-state index contributed by atoms with van der Waals surface area (Å²) < 4.78 is 0. The molecule has 1 aliphatic rings. The van der Waals surface area contributed by atoms with E-state index in [0.29, 0.717) is 38.5 Å². The number of rotatable bonds is 8. The molecular weight excluding hydrogens is 336 g/mol. The predicted molar refractivity (Wildman–Crippen MR) is 98.8 cm³/mol. The number of aliphatic hydroxyl groups is 1. The molecule has 7 nitrogen and oxygen atoms in total. The van der Waals surface area contributed by atoms with Gasteiger partial charge >= 0.3 is 5.97 Å². The lowest BCUT2D eigenvalue weighted by atomic mass is 9.78. The van der Waals surface area contributed by atoms with Crippen LogP contribution < -0.4 is 0 Å². The van der Waals surface area contributed by atoms with E-state index in [1.807, 2.05) is 34.7 Å². The van der Waals surface area contributed by atoms with Crippen LogP contribution in [-0.2, 0) is 9.59 Å². The second kappa shape index (κ2) is 8.97. The molecule has 1 rings (SSSR count). The number of aliphatic carboxylic acids is 1. The molecule has 150 valence electrons. The van der Waals surface area contributed by atoms with E-state index >= 15 is 0 Å². The second-order valence-electron chi connectivity index (χ2n) is 8.51. The quantitative estimate of drug-likeness (QED) is 0.448. The summed E-state index contributed by atoms with van der Waals surface area (Å²) in [7, 11) is 1.82. The number of hydrogen-bond donors (Lipinski definition) is 3. The van der Waals surface area contributed by atoms with Gasteiger partial charge in [0.05, 0.1) is 6.10 Å². The van der Waals surface area contributed by atoms with Crippen LogP contribution in [0.2, 0.25) is 0 Å². The van der Waals surface area contributed by atoms with Gasteiger partial charge in [0.2, 0.25) is 5.91 Å². The first-order chi connectivity index (χ1) is 11.9. The zero-order chi connectivity index (χ0) is 20.1. The highest BCUT2D eigenvalue weighted by molar-refractivity contribution is 5.79. The van der Waals surface area contributed by atoms with Crippen LogP contribution in [-0.4, -0.2) is 67.5 Å². The Labute approximate surface area is 156 Å². The highest BCUT2D eigenvalue weighted by Crippen LogP contribution is 2.38. The Morgan fingerprint density at radius 1 is 1.19 bits per heavy atom. The summed E-state index contributed by atoms with van der Waals surface area (Å²) in [5, 5.41) is 29.9. The molecule has 0 aromatic carbocycles. The SMILES string of the molecule is CN(C(=O)CCCCC(O)/C=C/C(=O)O)C1CC(C)(C)N(O)C(C)(C)C1. The Hall–Kier alpha value is -1.44. The molecule has 7 heteroatoms. The summed E-state index contributed by atoms with van der Waals surface area (Å²) in [6.07, 6.45) is 4.92. The topological polar surface area (TPSA) is 101 Å². The van der Waals surface area contributed by atoms with E-state index in [1.165, 1.54) is 11.1 Å². The Kier molecular flexibility index (Phi) is 7.80. The van der Waals surface area contributed by atoms with Gasteiger partial charge in [-0.3, -0.25) is 4.79 Å². The Bertz CT molecular complexity index is 512. The third kappa shape index (κ3) is 6.37. The minimum absolute atomic E-state index is 0.0588. The zero-order valence-electron chi connectivity index (χ0n) is 16.6. The zero-order valence-corrected chi connectivity index (χ0v) is 16.6. The fourth-order valence-corrected chi connectivity index (χ4v) is 3.79. The molecule has 0 saturated carbocycles. The van der Waals surface area contributed by atoms with Crippen molar-refractivity contribution in [3.63, 3.8) is 0 Å². The molecule has 3 N–H and O–H groups in total. The highest BCUT2D eigenvalue weighted by atomic mass is 16.5. The fourth-order valence-electron chi connectivity index (χ4n) is 3.79. The van der Waals surface area contributed by atoms with Crippen molar-refractivity contribution in [3.8, 4) is 0 Å². The minimum Gasteiger partial charge on any atom is -0.478 e. The van der Waals surface area contributed by atoms with E-state index in [1.54, 1.807) is 4.90 Å². The van der Waals surface area contributed by atoms with Crippen molar-refractivity contribution in [1.29, 1.82) is 0 Å². The van der Waals surface area contributed by atoms with Crippen LogP contribution in [0.1, 0.15) is 66.2 Å². The van der Waals surface area contributed by atoms with Crippen molar-refractivity contribution in [3.05, 3.63) is 12.2 Å². The molecule has 1 atom stereocenters. The summed E-state index contributed by atoms with van der Waals surface area (Å²) in [6.45, 7) is 7.91. The van der Waals surface area contributed by atoms with Gasteiger partial charge in [0, 0.05) is 36.7 Å². The van der Waals surface area contributed by atoms with Gasteiger partial charge in [-0.05, 0) is 59.5 Å². The lowest BCUT2D eigenvalue weighted by Crippen LogP contribution is -2.63. The van der Waals surface area contributed by atoms with Crippen LogP contribution in [0.15, 0.2) is 12.2 Å². The molecule has 1 aliphatic heterocycles. The number of carbonyl (C=O) groups excluding carboxylic acids is 1. The van der Waals surface area contributed by atoms with Gasteiger partial charge in [0.25, 0.3) is 0 Å². The first-order valence-corrected chi connectivity index (χ1v) is 9.21. The average molecular weight is 370 g/mol. The lowest BCUT2D eigenvalue weighted by Gasteiger charge is -2.53. The number of carboxylic acids is 1. The van der Waals surface area contributed by atoms with Crippen LogP contribution >= 0.6 is 0 Å². The minimum atomic E-state index is -1.08. The maximum Gasteiger partial charge on any atom is 0.328 e. The molecule has 0 aromatic heterocycles. The Morgan fingerprint density at radius 3 is 2.23 bits per heavy atom. The highest BCUT2D eigenvalue weighted by Gasteiger charge is 2.46. The van der Waals surface area contributed by atoms with Gasteiger partial charge in [-0.15, -0.1) is 0 Å². The van der Waals surface area contributed by atoms with Gasteiger partial charge in [-0.1, -0.05) is 6.42 Å². The van der Waals surface area contributed by atoms with Gasteiger partial charge in [-0.25, -0.2) is 4.79 Å². The molecule has 1 heterocycles. The van der Waals surface area contributed by atoms with E-state index < -0.39 is 23.2 Å². The standard InChI is InChI=1S/C19H34N2O5/c1-18(2)12-14(13-19(3,4)21(18)26)20(5)16(23)9-7-6-8-15(22)10-11-17(24)25/h10-11,14-15,22,26H,6-9,12-13H2,1-5H3,(H,24,25)/b11-10+. The molecule has 0 bridgehead atoms. The Morgan fingerprint density at radius 2 is 1.73 bits per heavy atom. The van der Waals surface area contributed by atoms with E-state index in [-0.39, 0.29) is 11.9 Å². The summed E-state index contributed by atoms with van der Waals surface area (Å²) in [6, 6.07) is 0.0694. The molecule has 26 heavy (non-hydrogen) atoms. The van der Waals surface area contributed by atoms with E-state index in [4.69, 9.17) is 5.11 Å². The largest absolute Gasteiger partial charge is 0.478 e. The van der Waals surface area contributed by atoms with Crippen LogP contribution in [0.25, 0.3) is 0 Å². The van der Waals surface area contributed by atoms with Crippen LogP contribution in [0.3, 0.4) is 0 Å². The Balaban J connectivity index is 2.47. The maximum absolute atomic E-state index is 12.5. The lowest BCUT2D eigenvalue weighted by molar-refractivity contribution is -0.251. The van der Waals surface area contributed by atoms with Gasteiger partial charge < -0.3 is 20.3 Å². The number of aliphatic hydroxyl groups excluding tert-OH is 1. The predicted octanol–water partition coefficient (Wildman–Crippen LogP) is 2.42. The van der Waals surface area contributed by atoms with Crippen molar-refractivity contribution >= 4 is 11.9 Å². The van der Waals surface area contributed by atoms with Crippen LogP contribution in [0, 0.1) is 0 Å². The monoisotopic (exact) mass is 370 g/mol. The van der Waals surface area contributed by atoms with Gasteiger partial charge in [-0.2, -0.15) is 5.06 Å². The van der Waals surface area contributed by atoms with Crippen LogP contribution in [0.5, 0.6) is 0 Å². The van der Waals surface area contributed by atoms with Crippen molar-refractivity contribution in [1.82, 2.24) is 9.96 Å². The average Bonchev–Trinajstić information content (AvgIpc) is 2.53. The third-order valence-corrected chi connectivity index (χ3v) is 5.16. The maximum atomic E-state index is 12.5. The summed E-state index contributed by atoms with van der Waals surface area (Å²) in [5.41, 5.74) is -0.802. The number of amides is 1. The molecule has 1 fully saturated rings. The molecule has 0 radical (unpaired) electrons. The van der Waals surface area contributed by atoms with Gasteiger partial charge in [0.15, 0.2) is 0 Å². The number of hydrogen-bond acceptors (Lipinski definition) is 5. The smallest absolute Gasteiger partial charge is 0.328 e. The van der Waals surface area contributed by atoms with Crippen molar-refractivity contribution in [2.75, 3.05) is 7.05 Å². The number of hydroxylamine groups is 2. The number of carboxylic acid groups (broad SMARTS) is 1. The van der Waals surface area contributed by atoms with E-state index in [0.717, 1.165) is 6.08 Å². The summed E-state index contributed by atoms with van der Waals surface area (Å²) >= 11 is 0. The molecule has 1 amide bonds. The van der Waals surface area contributed by atoms with E-state index in [2.05, 4.69) is 0 Å². The van der Waals surface area contributed by atoms with E-state index in [9.17, 15) is 19.9 Å². The van der Waals surface area contributed by atoms with Gasteiger partial charge in [0.1, 0.15) is 0 Å². The first-order valence-electron chi connectivity index (χ1n) is 9.21. The van der Waals surface area contributed by atoms with Crippen molar-refractivity contribution in [2.45, 2.75) is 89.4 Å². The van der Waals surface area contributed by atoms with Crippen molar-refractivity contribution in [2.24, 2.45) is 0 Å². The molecule has 1 unspecified atom stereocenters.